The van der Waals surface area contributed by atoms with E-state index >= 15 is 0 Å². The van der Waals surface area contributed by atoms with Gasteiger partial charge in [0.1, 0.15) is 5.82 Å². The topological polar surface area (TPSA) is 132 Å². The molecule has 0 saturated heterocycles. The Morgan fingerprint density at radius 3 is 2.69 bits per heavy atom. The molecule has 8 nitrogen and oxygen atoms in total. The summed E-state index contributed by atoms with van der Waals surface area (Å²) in [7, 11) is 0. The maximum Gasteiger partial charge on any atom is 0.252 e. The van der Waals surface area contributed by atoms with Gasteiger partial charge in [0, 0.05) is 47.3 Å². The van der Waals surface area contributed by atoms with Crippen LogP contribution in [0.4, 0.5) is 21.7 Å². The van der Waals surface area contributed by atoms with Crippen molar-refractivity contribution in [3.05, 3.63) is 72.4 Å². The number of fused-ring (bicyclic) bond motifs is 1. The van der Waals surface area contributed by atoms with Gasteiger partial charge < -0.3 is 22.1 Å². The highest BCUT2D eigenvalue weighted by molar-refractivity contribution is 5.98. The van der Waals surface area contributed by atoms with Gasteiger partial charge in [-0.15, -0.1) is 0 Å². The normalized spacial score (nSPS) is 17.8. The van der Waals surface area contributed by atoms with E-state index in [4.69, 9.17) is 11.5 Å². The number of pyridine rings is 3. The lowest BCUT2D eigenvalue weighted by molar-refractivity contribution is 0.100. The van der Waals surface area contributed by atoms with Crippen molar-refractivity contribution in [3.8, 4) is 11.3 Å². The molecular formula is C26H26FN7O. The van der Waals surface area contributed by atoms with Crippen molar-refractivity contribution in [3.63, 3.8) is 0 Å². The van der Waals surface area contributed by atoms with E-state index < -0.39 is 11.7 Å². The van der Waals surface area contributed by atoms with Crippen LogP contribution in [0.5, 0.6) is 0 Å². The molecule has 35 heavy (non-hydrogen) atoms. The standard InChI is InChI=1S/C26H26FN7O/c27-20-13-19(24(29)35)25(34-26(20)33-22-4-2-1-3-21(22)28)32-18-8-10-31-23(12-18)16-6-5-15-7-9-30-14-17(15)11-16/h5-14,21-22H,1-4,28H2,(H2,29,35)(H2,31,32,33,34)/t21-,22+/m0/s1. The van der Waals surface area contributed by atoms with E-state index in [0.29, 0.717) is 5.69 Å². The minimum absolute atomic E-state index is 0.0381. The third-order valence-electron chi connectivity index (χ3n) is 6.34. The number of aromatic nitrogens is 3. The maximum absolute atomic E-state index is 14.8. The molecule has 178 valence electrons. The van der Waals surface area contributed by atoms with Crippen LogP contribution in [-0.2, 0) is 0 Å². The largest absolute Gasteiger partial charge is 0.365 e. The molecule has 1 saturated carbocycles. The summed E-state index contributed by atoms with van der Waals surface area (Å²) >= 11 is 0. The van der Waals surface area contributed by atoms with Gasteiger partial charge in [0.15, 0.2) is 11.6 Å². The SMILES string of the molecule is NC(=O)c1cc(F)c(N[C@@H]2CCCC[C@@H]2N)nc1Nc1ccnc(-c2ccc3ccncc3c2)c1. The van der Waals surface area contributed by atoms with Crippen LogP contribution >= 0.6 is 0 Å². The van der Waals surface area contributed by atoms with E-state index in [2.05, 4.69) is 25.6 Å². The summed E-state index contributed by atoms with van der Waals surface area (Å²) in [4.78, 5) is 25.1. The van der Waals surface area contributed by atoms with Gasteiger partial charge in [0.05, 0.1) is 11.3 Å². The Morgan fingerprint density at radius 1 is 1.00 bits per heavy atom. The van der Waals surface area contributed by atoms with Gasteiger partial charge in [-0.2, -0.15) is 0 Å². The summed E-state index contributed by atoms with van der Waals surface area (Å²) in [6.45, 7) is 0. The van der Waals surface area contributed by atoms with Crippen molar-refractivity contribution in [2.45, 2.75) is 37.8 Å². The number of hydrogen-bond acceptors (Lipinski definition) is 7. The van der Waals surface area contributed by atoms with Gasteiger partial charge in [-0.25, -0.2) is 9.37 Å². The van der Waals surface area contributed by atoms with Crippen LogP contribution in [0.25, 0.3) is 22.0 Å². The molecule has 1 aliphatic rings. The summed E-state index contributed by atoms with van der Waals surface area (Å²) in [6.07, 6.45) is 8.98. The third kappa shape index (κ3) is 4.90. The average molecular weight is 472 g/mol. The first-order chi connectivity index (χ1) is 17.0. The predicted molar refractivity (Wildman–Crippen MR) is 135 cm³/mol. The molecular weight excluding hydrogens is 445 g/mol. The van der Waals surface area contributed by atoms with E-state index in [1.54, 1.807) is 24.7 Å². The van der Waals surface area contributed by atoms with Gasteiger partial charge in [-0.1, -0.05) is 25.0 Å². The molecule has 3 heterocycles. The zero-order valence-electron chi connectivity index (χ0n) is 19.0. The van der Waals surface area contributed by atoms with Gasteiger partial charge in [-0.3, -0.25) is 14.8 Å². The molecule has 3 aromatic heterocycles. The molecule has 0 aliphatic heterocycles. The Hall–Kier alpha value is -4.11. The molecule has 0 radical (unpaired) electrons. The Kier molecular flexibility index (Phi) is 6.24. The second-order valence-corrected chi connectivity index (χ2v) is 8.77. The van der Waals surface area contributed by atoms with Crippen molar-refractivity contribution >= 4 is 34.0 Å². The lowest BCUT2D eigenvalue weighted by Crippen LogP contribution is -2.43. The highest BCUT2D eigenvalue weighted by Crippen LogP contribution is 2.29. The molecule has 4 aromatic rings. The first-order valence-electron chi connectivity index (χ1n) is 11.6. The summed E-state index contributed by atoms with van der Waals surface area (Å²) < 4.78 is 14.8. The van der Waals surface area contributed by atoms with Crippen LogP contribution < -0.4 is 22.1 Å². The summed E-state index contributed by atoms with van der Waals surface area (Å²) in [5.74, 6) is -1.24. The Morgan fingerprint density at radius 2 is 1.86 bits per heavy atom. The highest BCUT2D eigenvalue weighted by atomic mass is 19.1. The maximum atomic E-state index is 14.8. The third-order valence-corrected chi connectivity index (χ3v) is 6.34. The fourth-order valence-electron chi connectivity index (χ4n) is 4.43. The number of primary amides is 1. The number of hydrogen-bond donors (Lipinski definition) is 4. The van der Waals surface area contributed by atoms with Crippen molar-refractivity contribution in [1.29, 1.82) is 0 Å². The number of nitrogens with two attached hydrogens (primary N) is 2. The lowest BCUT2D eigenvalue weighted by Gasteiger charge is -2.30. The Bertz CT molecular complexity index is 1390. The Labute approximate surface area is 202 Å². The van der Waals surface area contributed by atoms with Crippen molar-refractivity contribution in [1.82, 2.24) is 15.0 Å². The average Bonchev–Trinajstić information content (AvgIpc) is 2.87. The van der Waals surface area contributed by atoms with Gasteiger partial charge >= 0.3 is 0 Å². The number of amides is 1. The molecule has 5 rings (SSSR count). The zero-order valence-corrected chi connectivity index (χ0v) is 19.0. The first kappa shape index (κ1) is 22.7. The highest BCUT2D eigenvalue weighted by Gasteiger charge is 2.24. The van der Waals surface area contributed by atoms with Crippen LogP contribution in [-0.4, -0.2) is 32.9 Å². The number of nitrogens with one attached hydrogen (secondary N) is 2. The minimum Gasteiger partial charge on any atom is -0.365 e. The smallest absolute Gasteiger partial charge is 0.252 e. The van der Waals surface area contributed by atoms with E-state index in [0.717, 1.165) is 53.8 Å². The van der Waals surface area contributed by atoms with E-state index in [1.807, 2.05) is 30.3 Å². The number of rotatable bonds is 6. The molecule has 0 unspecified atom stereocenters. The summed E-state index contributed by atoms with van der Waals surface area (Å²) in [6, 6.07) is 12.4. The fraction of sp³-hybridized carbons (Fsp3) is 0.231. The number of carbonyl (C=O) groups is 1. The van der Waals surface area contributed by atoms with Crippen LogP contribution in [0.1, 0.15) is 36.0 Å². The number of benzene rings is 1. The summed E-state index contributed by atoms with van der Waals surface area (Å²) in [5.41, 5.74) is 13.9. The summed E-state index contributed by atoms with van der Waals surface area (Å²) in [5, 5.41) is 8.32. The fourth-order valence-corrected chi connectivity index (χ4v) is 4.43. The number of anilines is 3. The van der Waals surface area contributed by atoms with Crippen LogP contribution in [0.15, 0.2) is 61.1 Å². The number of carbonyl (C=O) groups excluding carboxylic acids is 1. The van der Waals surface area contributed by atoms with Gasteiger partial charge in [0.25, 0.3) is 5.91 Å². The second kappa shape index (κ2) is 9.63. The monoisotopic (exact) mass is 471 g/mol. The first-order valence-corrected chi connectivity index (χ1v) is 11.6. The predicted octanol–water partition coefficient (Wildman–Crippen LogP) is 4.36. The lowest BCUT2D eigenvalue weighted by atomic mass is 9.91. The number of nitrogens with zero attached hydrogens (tertiary/aromatic N) is 3. The zero-order chi connectivity index (χ0) is 24.4. The van der Waals surface area contributed by atoms with Crippen LogP contribution in [0.3, 0.4) is 0 Å². The molecule has 2 atom stereocenters. The number of halogens is 1. The molecule has 0 spiro atoms. The van der Waals surface area contributed by atoms with Crippen LogP contribution in [0, 0.1) is 5.82 Å². The van der Waals surface area contributed by atoms with E-state index in [1.165, 1.54) is 0 Å². The molecule has 1 amide bonds. The van der Waals surface area contributed by atoms with E-state index in [9.17, 15) is 9.18 Å². The molecule has 1 aliphatic carbocycles. The quantitative estimate of drug-likeness (QED) is 0.329. The van der Waals surface area contributed by atoms with Crippen LogP contribution in [0.2, 0.25) is 0 Å². The van der Waals surface area contributed by atoms with Crippen molar-refractivity contribution in [2.24, 2.45) is 11.5 Å². The van der Waals surface area contributed by atoms with Crippen molar-refractivity contribution in [2.75, 3.05) is 10.6 Å². The molecule has 0 bridgehead atoms. The second-order valence-electron chi connectivity index (χ2n) is 8.77. The van der Waals surface area contributed by atoms with Gasteiger partial charge in [0.2, 0.25) is 0 Å². The minimum atomic E-state index is -0.781. The molecule has 9 heteroatoms. The van der Waals surface area contributed by atoms with E-state index in [-0.39, 0.29) is 29.3 Å². The van der Waals surface area contributed by atoms with Crippen molar-refractivity contribution < 1.29 is 9.18 Å². The molecule has 6 N–H and O–H groups in total. The Balaban J connectivity index is 1.46. The molecule has 1 fully saturated rings. The van der Waals surface area contributed by atoms with Gasteiger partial charge in [-0.05, 0) is 48.6 Å². The molecule has 1 aromatic carbocycles.